The molecule has 204 valence electrons. The molecule has 7 rings (SSSR count). The van der Waals surface area contributed by atoms with Crippen molar-refractivity contribution in [1.29, 1.82) is 0 Å². The lowest BCUT2D eigenvalue weighted by Crippen LogP contribution is -2.61. The SMILES string of the molecule is CN(c1c(Cl)c(C(=O)NC2C3CC4CC2CC(O)(C4)C3)nn1C)[C@H]1CCCN(C(=O)c2ccc(Cl)cc2)C1. The summed E-state index contributed by atoms with van der Waals surface area (Å²) in [4.78, 5) is 30.4. The largest absolute Gasteiger partial charge is 0.390 e. The molecule has 2 aromatic rings. The number of benzene rings is 1. The highest BCUT2D eigenvalue weighted by molar-refractivity contribution is 6.36. The minimum Gasteiger partial charge on any atom is -0.390 e. The molecule has 3 atom stereocenters. The van der Waals surface area contributed by atoms with Gasteiger partial charge < -0.3 is 20.2 Å². The number of aliphatic hydroxyl groups is 1. The Balaban J connectivity index is 1.15. The summed E-state index contributed by atoms with van der Waals surface area (Å²) in [5.41, 5.74) is 0.305. The predicted octanol–water partition coefficient (Wildman–Crippen LogP) is 4.14. The number of aryl methyl sites for hydroxylation is 1. The average Bonchev–Trinajstić information content (AvgIpc) is 3.18. The van der Waals surface area contributed by atoms with Crippen molar-refractivity contribution in [3.63, 3.8) is 0 Å². The highest BCUT2D eigenvalue weighted by Crippen LogP contribution is 2.55. The lowest BCUT2D eigenvalue weighted by Gasteiger charge is -2.58. The van der Waals surface area contributed by atoms with Crippen molar-refractivity contribution in [2.75, 3.05) is 25.0 Å². The molecule has 5 aliphatic rings. The van der Waals surface area contributed by atoms with Crippen LogP contribution < -0.4 is 10.2 Å². The van der Waals surface area contributed by atoms with Gasteiger partial charge in [0.05, 0.1) is 5.60 Å². The Labute approximate surface area is 233 Å². The number of hydrogen-bond acceptors (Lipinski definition) is 5. The van der Waals surface area contributed by atoms with Crippen LogP contribution in [0.4, 0.5) is 5.82 Å². The summed E-state index contributed by atoms with van der Waals surface area (Å²) in [7, 11) is 3.75. The van der Waals surface area contributed by atoms with E-state index in [0.717, 1.165) is 44.9 Å². The van der Waals surface area contributed by atoms with Crippen LogP contribution in [0.25, 0.3) is 0 Å². The van der Waals surface area contributed by atoms with Crippen LogP contribution in [0.5, 0.6) is 0 Å². The molecule has 4 aliphatic carbocycles. The van der Waals surface area contributed by atoms with Crippen molar-refractivity contribution in [3.8, 4) is 0 Å². The second-order valence-corrected chi connectivity index (χ2v) is 12.8. The number of carbonyl (C=O) groups excluding carboxylic acids is 2. The Bertz CT molecular complexity index is 1230. The van der Waals surface area contributed by atoms with Crippen LogP contribution in [0.2, 0.25) is 10.0 Å². The number of likely N-dealkylation sites (tertiary alicyclic amines) is 1. The Hall–Kier alpha value is -2.29. The first kappa shape index (κ1) is 26.0. The Morgan fingerprint density at radius 2 is 1.82 bits per heavy atom. The number of amides is 2. The molecule has 2 unspecified atom stereocenters. The number of aromatic nitrogens is 2. The van der Waals surface area contributed by atoms with E-state index in [0.29, 0.717) is 52.3 Å². The van der Waals surface area contributed by atoms with Gasteiger partial charge >= 0.3 is 0 Å². The molecule has 5 fully saturated rings. The van der Waals surface area contributed by atoms with Gasteiger partial charge in [0.2, 0.25) is 0 Å². The lowest BCUT2D eigenvalue weighted by atomic mass is 9.52. The molecule has 38 heavy (non-hydrogen) atoms. The zero-order valence-electron chi connectivity index (χ0n) is 21.9. The summed E-state index contributed by atoms with van der Waals surface area (Å²) in [5.74, 6) is 1.60. The van der Waals surface area contributed by atoms with E-state index in [9.17, 15) is 14.7 Å². The van der Waals surface area contributed by atoms with E-state index in [4.69, 9.17) is 23.2 Å². The van der Waals surface area contributed by atoms with Crippen LogP contribution in [-0.4, -0.2) is 69.4 Å². The topological polar surface area (TPSA) is 90.7 Å². The van der Waals surface area contributed by atoms with E-state index in [1.807, 2.05) is 16.8 Å². The Morgan fingerprint density at radius 3 is 2.47 bits per heavy atom. The fourth-order valence-electron chi connectivity index (χ4n) is 7.86. The van der Waals surface area contributed by atoms with E-state index in [1.54, 1.807) is 36.0 Å². The lowest BCUT2D eigenvalue weighted by molar-refractivity contribution is -0.136. The Morgan fingerprint density at radius 1 is 1.13 bits per heavy atom. The first-order valence-electron chi connectivity index (χ1n) is 13.7. The van der Waals surface area contributed by atoms with Crippen LogP contribution >= 0.6 is 23.2 Å². The van der Waals surface area contributed by atoms with Crippen molar-refractivity contribution in [2.45, 2.75) is 62.6 Å². The molecule has 0 spiro atoms. The highest BCUT2D eigenvalue weighted by atomic mass is 35.5. The number of rotatable bonds is 5. The third-order valence-electron chi connectivity index (χ3n) is 9.37. The van der Waals surface area contributed by atoms with E-state index >= 15 is 0 Å². The quantitative estimate of drug-likeness (QED) is 0.574. The van der Waals surface area contributed by atoms with Crippen LogP contribution in [-0.2, 0) is 7.05 Å². The molecule has 10 heteroatoms. The van der Waals surface area contributed by atoms with Gasteiger partial charge in [0.25, 0.3) is 11.8 Å². The van der Waals surface area contributed by atoms with E-state index in [2.05, 4.69) is 10.4 Å². The van der Waals surface area contributed by atoms with Crippen LogP contribution in [0.1, 0.15) is 65.8 Å². The summed E-state index contributed by atoms with van der Waals surface area (Å²) in [6.45, 7) is 1.24. The molecule has 2 heterocycles. The first-order valence-corrected chi connectivity index (χ1v) is 14.4. The molecule has 1 aliphatic heterocycles. The number of likely N-dealkylation sites (N-methyl/N-ethyl adjacent to an activating group) is 1. The normalized spacial score (nSPS) is 31.9. The van der Waals surface area contributed by atoms with Crippen molar-refractivity contribution in [2.24, 2.45) is 24.8 Å². The number of hydrogen-bond donors (Lipinski definition) is 2. The van der Waals surface area contributed by atoms with Crippen molar-refractivity contribution < 1.29 is 14.7 Å². The molecular weight excluding hydrogens is 525 g/mol. The fourth-order valence-corrected chi connectivity index (χ4v) is 8.36. The van der Waals surface area contributed by atoms with Gasteiger partial charge in [0.1, 0.15) is 10.8 Å². The molecule has 1 aromatic heterocycles. The van der Waals surface area contributed by atoms with Crippen LogP contribution in [0, 0.1) is 17.8 Å². The van der Waals surface area contributed by atoms with Gasteiger partial charge in [-0.2, -0.15) is 5.10 Å². The minimum absolute atomic E-state index is 0.0173. The second-order valence-electron chi connectivity index (χ2n) is 12.0. The van der Waals surface area contributed by atoms with Gasteiger partial charge in [-0.3, -0.25) is 14.3 Å². The zero-order chi connectivity index (χ0) is 26.8. The summed E-state index contributed by atoms with van der Waals surface area (Å²) in [5, 5.41) is 19.6. The summed E-state index contributed by atoms with van der Waals surface area (Å²) >= 11 is 12.8. The highest BCUT2D eigenvalue weighted by Gasteiger charge is 2.55. The number of carbonyl (C=O) groups is 2. The predicted molar refractivity (Wildman–Crippen MR) is 147 cm³/mol. The first-order chi connectivity index (χ1) is 18.1. The van der Waals surface area contributed by atoms with Crippen LogP contribution in [0.15, 0.2) is 24.3 Å². The van der Waals surface area contributed by atoms with E-state index in [-0.39, 0.29) is 29.6 Å². The molecule has 2 amide bonds. The molecule has 1 saturated heterocycles. The third-order valence-corrected chi connectivity index (χ3v) is 9.97. The maximum atomic E-state index is 13.4. The Kier molecular flexibility index (Phi) is 6.64. The third kappa shape index (κ3) is 4.58. The molecule has 4 bridgehead atoms. The molecule has 2 N–H and O–H groups in total. The fraction of sp³-hybridized carbons (Fsp3) is 0.607. The van der Waals surface area contributed by atoms with Crippen LogP contribution in [0.3, 0.4) is 0 Å². The molecule has 4 saturated carbocycles. The van der Waals surface area contributed by atoms with E-state index in [1.165, 1.54) is 0 Å². The van der Waals surface area contributed by atoms with Crippen molar-refractivity contribution in [1.82, 2.24) is 20.0 Å². The maximum Gasteiger partial charge on any atom is 0.273 e. The molecule has 1 aromatic carbocycles. The monoisotopic (exact) mass is 559 g/mol. The summed E-state index contributed by atoms with van der Waals surface area (Å²) in [6.07, 6.45) is 6.35. The number of halogens is 2. The van der Waals surface area contributed by atoms with Crippen molar-refractivity contribution in [3.05, 3.63) is 45.6 Å². The minimum atomic E-state index is -0.543. The second kappa shape index (κ2) is 9.72. The standard InChI is InChI=1S/C28H35Cl2N5O3/c1-33(21-4-3-9-35(15-21)27(37)17-5-7-20(29)8-6-17)26-22(30)24(32-34(26)2)25(36)31-23-18-10-16-11-19(23)14-28(38,12-16)13-18/h5-8,16,18-19,21,23,38H,3-4,9-15H2,1-2H3,(H,31,36)/t16?,18?,19?,21-,23?,28?/m0/s1. The number of nitrogens with one attached hydrogen (secondary N) is 1. The van der Waals surface area contributed by atoms with Gasteiger partial charge in [0, 0.05) is 49.9 Å². The maximum absolute atomic E-state index is 13.4. The van der Waals surface area contributed by atoms with Gasteiger partial charge in [-0.05, 0) is 87.0 Å². The molecular formula is C28H35Cl2N5O3. The van der Waals surface area contributed by atoms with Gasteiger partial charge in [-0.25, -0.2) is 0 Å². The van der Waals surface area contributed by atoms with Gasteiger partial charge in [-0.1, -0.05) is 23.2 Å². The molecule has 8 nitrogen and oxygen atoms in total. The van der Waals surface area contributed by atoms with Gasteiger partial charge in [0.15, 0.2) is 5.69 Å². The van der Waals surface area contributed by atoms with Crippen molar-refractivity contribution >= 4 is 40.8 Å². The average molecular weight is 561 g/mol. The summed E-state index contributed by atoms with van der Waals surface area (Å²) < 4.78 is 1.66. The zero-order valence-corrected chi connectivity index (χ0v) is 23.4. The van der Waals surface area contributed by atoms with E-state index < -0.39 is 5.60 Å². The number of anilines is 1. The summed E-state index contributed by atoms with van der Waals surface area (Å²) in [6, 6.07) is 7.07. The smallest absolute Gasteiger partial charge is 0.273 e. The molecule has 0 radical (unpaired) electrons. The van der Waals surface area contributed by atoms with Gasteiger partial charge in [-0.15, -0.1) is 0 Å². The number of nitrogens with zero attached hydrogens (tertiary/aromatic N) is 4. The number of piperidine rings is 1.